The van der Waals surface area contributed by atoms with Gasteiger partial charge in [0.05, 0.1) is 0 Å². The van der Waals surface area contributed by atoms with E-state index in [9.17, 15) is 13.2 Å². The van der Waals surface area contributed by atoms with Crippen molar-refractivity contribution in [3.8, 4) is 0 Å². The van der Waals surface area contributed by atoms with Crippen LogP contribution in [0.25, 0.3) is 0 Å². The Balaban J connectivity index is 2.79. The van der Waals surface area contributed by atoms with Crippen LogP contribution in [0.2, 0.25) is 0 Å². The smallest absolute Gasteiger partial charge is 0.371 e. The lowest BCUT2D eigenvalue weighted by atomic mass is 10.00. The van der Waals surface area contributed by atoms with Gasteiger partial charge in [0.1, 0.15) is 10.7 Å². The predicted octanol–water partition coefficient (Wildman–Crippen LogP) is 2.78. The molecule has 0 aliphatic carbocycles. The zero-order valence-electron chi connectivity index (χ0n) is 12.7. The third kappa shape index (κ3) is 4.86. The minimum atomic E-state index is -3.74. The summed E-state index contributed by atoms with van der Waals surface area (Å²) in [5.41, 5.74) is 0. The van der Waals surface area contributed by atoms with E-state index in [2.05, 4.69) is 11.6 Å². The number of furan rings is 1. The summed E-state index contributed by atoms with van der Waals surface area (Å²) in [5.74, 6) is -1.28. The van der Waals surface area contributed by atoms with Gasteiger partial charge in [-0.25, -0.2) is 17.9 Å². The standard InChI is InChI=1S/C14H23NO5S/c1-4-6-7-11(5-2)9-15-21(18,19)13-8-12(14(16)17)20-10(13)3/h8,11,15H,4-7,9H2,1-3H3,(H,16,17). The molecule has 0 aliphatic rings. The highest BCUT2D eigenvalue weighted by molar-refractivity contribution is 7.89. The Morgan fingerprint density at radius 3 is 2.57 bits per heavy atom. The quantitative estimate of drug-likeness (QED) is 0.730. The summed E-state index contributed by atoms with van der Waals surface area (Å²) < 4.78 is 31.9. The lowest BCUT2D eigenvalue weighted by Crippen LogP contribution is -2.29. The van der Waals surface area contributed by atoms with Crippen molar-refractivity contribution in [3.63, 3.8) is 0 Å². The first-order chi connectivity index (χ1) is 9.81. The molecule has 0 saturated heterocycles. The number of nitrogens with one attached hydrogen (secondary N) is 1. The second-order valence-corrected chi connectivity index (χ2v) is 6.84. The Labute approximate surface area is 125 Å². The highest BCUT2D eigenvalue weighted by Gasteiger charge is 2.24. The minimum absolute atomic E-state index is 0.0847. The molecular weight excluding hydrogens is 294 g/mol. The molecule has 0 aliphatic heterocycles. The first kappa shape index (κ1) is 17.7. The van der Waals surface area contributed by atoms with Gasteiger partial charge in [-0.1, -0.05) is 33.1 Å². The van der Waals surface area contributed by atoms with Crippen LogP contribution in [0.1, 0.15) is 55.8 Å². The summed E-state index contributed by atoms with van der Waals surface area (Å²) in [6.07, 6.45) is 4.01. The molecule has 1 heterocycles. The molecule has 1 rings (SSSR count). The lowest BCUT2D eigenvalue weighted by molar-refractivity contribution is 0.0661. The summed E-state index contributed by atoms with van der Waals surface area (Å²) in [5, 5.41) is 8.83. The van der Waals surface area contributed by atoms with Crippen LogP contribution in [-0.4, -0.2) is 26.0 Å². The van der Waals surface area contributed by atoms with E-state index in [-0.39, 0.29) is 22.3 Å². The molecule has 7 heteroatoms. The molecule has 1 aromatic heterocycles. The Morgan fingerprint density at radius 2 is 2.10 bits per heavy atom. The van der Waals surface area contributed by atoms with Crippen LogP contribution in [0, 0.1) is 12.8 Å². The fourth-order valence-corrected chi connectivity index (χ4v) is 3.38. The van der Waals surface area contributed by atoms with Crippen LogP contribution in [0.5, 0.6) is 0 Å². The predicted molar refractivity (Wildman–Crippen MR) is 78.9 cm³/mol. The third-order valence-electron chi connectivity index (χ3n) is 3.48. The third-order valence-corrected chi connectivity index (χ3v) is 5.01. The van der Waals surface area contributed by atoms with Gasteiger partial charge in [0, 0.05) is 12.6 Å². The topological polar surface area (TPSA) is 96.6 Å². The molecule has 120 valence electrons. The summed E-state index contributed by atoms with van der Waals surface area (Å²) >= 11 is 0. The van der Waals surface area contributed by atoms with Gasteiger partial charge in [0.15, 0.2) is 0 Å². The zero-order valence-corrected chi connectivity index (χ0v) is 13.5. The zero-order chi connectivity index (χ0) is 16.0. The lowest BCUT2D eigenvalue weighted by Gasteiger charge is -2.15. The van der Waals surface area contributed by atoms with E-state index in [4.69, 9.17) is 9.52 Å². The number of unbranched alkanes of at least 4 members (excludes halogenated alkanes) is 1. The SMILES string of the molecule is CCCCC(CC)CNS(=O)(=O)c1cc(C(=O)O)oc1C. The molecule has 0 spiro atoms. The number of rotatable bonds is 9. The van der Waals surface area contributed by atoms with Crippen molar-refractivity contribution < 1.29 is 22.7 Å². The highest BCUT2D eigenvalue weighted by atomic mass is 32.2. The molecule has 0 radical (unpaired) electrons. The second kappa shape index (κ2) is 7.61. The number of sulfonamides is 1. The minimum Gasteiger partial charge on any atom is -0.475 e. The molecule has 0 amide bonds. The maximum Gasteiger partial charge on any atom is 0.371 e. The molecule has 2 N–H and O–H groups in total. The van der Waals surface area contributed by atoms with Gasteiger partial charge in [-0.05, 0) is 19.3 Å². The van der Waals surface area contributed by atoms with Crippen molar-refractivity contribution in [2.24, 2.45) is 5.92 Å². The Morgan fingerprint density at radius 1 is 1.43 bits per heavy atom. The fraction of sp³-hybridized carbons (Fsp3) is 0.643. The molecule has 21 heavy (non-hydrogen) atoms. The molecule has 1 aromatic rings. The maximum absolute atomic E-state index is 12.2. The molecule has 0 saturated carbocycles. The van der Waals surface area contributed by atoms with Gasteiger partial charge >= 0.3 is 5.97 Å². The first-order valence-corrected chi connectivity index (χ1v) is 8.63. The van der Waals surface area contributed by atoms with Crippen LogP contribution in [0.15, 0.2) is 15.4 Å². The van der Waals surface area contributed by atoms with Gasteiger partial charge in [0.25, 0.3) is 0 Å². The van der Waals surface area contributed by atoms with E-state index < -0.39 is 16.0 Å². The average molecular weight is 317 g/mol. The van der Waals surface area contributed by atoms with E-state index in [1.54, 1.807) is 0 Å². The Kier molecular flexibility index (Phi) is 6.42. The van der Waals surface area contributed by atoms with Gasteiger partial charge < -0.3 is 9.52 Å². The Bertz CT molecular complexity index is 576. The van der Waals surface area contributed by atoms with E-state index in [0.29, 0.717) is 6.54 Å². The number of carboxylic acids is 1. The summed E-state index contributed by atoms with van der Waals surface area (Å²) in [4.78, 5) is 10.7. The number of hydrogen-bond donors (Lipinski definition) is 2. The molecule has 6 nitrogen and oxygen atoms in total. The van der Waals surface area contributed by atoms with E-state index in [1.165, 1.54) is 6.92 Å². The van der Waals surface area contributed by atoms with Gasteiger partial charge in [-0.2, -0.15) is 0 Å². The van der Waals surface area contributed by atoms with Crippen molar-refractivity contribution in [1.29, 1.82) is 0 Å². The summed E-state index contributed by atoms with van der Waals surface area (Å²) in [6.45, 7) is 5.92. The van der Waals surface area contributed by atoms with Gasteiger partial charge in [-0.15, -0.1) is 0 Å². The van der Waals surface area contributed by atoms with E-state index >= 15 is 0 Å². The molecule has 1 atom stereocenters. The van der Waals surface area contributed by atoms with Gasteiger partial charge in [0.2, 0.25) is 15.8 Å². The monoisotopic (exact) mass is 317 g/mol. The number of carbonyl (C=O) groups is 1. The number of aromatic carboxylic acids is 1. The number of aryl methyl sites for hydroxylation is 1. The van der Waals surface area contributed by atoms with Crippen LogP contribution >= 0.6 is 0 Å². The van der Waals surface area contributed by atoms with Crippen molar-refractivity contribution >= 4 is 16.0 Å². The molecule has 0 aromatic carbocycles. The van der Waals surface area contributed by atoms with Crippen LogP contribution in [-0.2, 0) is 10.0 Å². The number of carboxylic acid groups (broad SMARTS) is 1. The molecule has 0 bridgehead atoms. The van der Waals surface area contributed by atoms with E-state index in [0.717, 1.165) is 31.7 Å². The largest absolute Gasteiger partial charge is 0.475 e. The van der Waals surface area contributed by atoms with Crippen LogP contribution < -0.4 is 4.72 Å². The maximum atomic E-state index is 12.2. The van der Waals surface area contributed by atoms with Crippen LogP contribution in [0.3, 0.4) is 0 Å². The van der Waals surface area contributed by atoms with Crippen molar-refractivity contribution in [2.75, 3.05) is 6.54 Å². The van der Waals surface area contributed by atoms with Crippen molar-refractivity contribution in [1.82, 2.24) is 4.72 Å². The Hall–Kier alpha value is -1.34. The highest BCUT2D eigenvalue weighted by Crippen LogP contribution is 2.20. The number of hydrogen-bond acceptors (Lipinski definition) is 4. The van der Waals surface area contributed by atoms with Gasteiger partial charge in [-0.3, -0.25) is 0 Å². The van der Waals surface area contributed by atoms with E-state index in [1.807, 2.05) is 6.92 Å². The van der Waals surface area contributed by atoms with Crippen molar-refractivity contribution in [3.05, 3.63) is 17.6 Å². The van der Waals surface area contributed by atoms with Crippen LogP contribution in [0.4, 0.5) is 0 Å². The molecular formula is C14H23NO5S. The fourth-order valence-electron chi connectivity index (χ4n) is 2.09. The average Bonchev–Trinajstić information content (AvgIpc) is 2.82. The second-order valence-electron chi connectivity index (χ2n) is 5.10. The normalized spacial score (nSPS) is 13.3. The summed E-state index contributed by atoms with van der Waals surface area (Å²) in [6, 6.07) is 1.05. The molecule has 1 unspecified atom stereocenters. The summed E-state index contributed by atoms with van der Waals surface area (Å²) in [7, 11) is -3.74. The van der Waals surface area contributed by atoms with Crippen molar-refractivity contribution in [2.45, 2.75) is 51.3 Å². The first-order valence-electron chi connectivity index (χ1n) is 7.15. The molecule has 0 fully saturated rings.